The highest BCUT2D eigenvalue weighted by atomic mass is 35.5. The molecular formula is C19H17ClN2O3. The van der Waals surface area contributed by atoms with Crippen molar-refractivity contribution in [2.24, 2.45) is 0 Å². The quantitative estimate of drug-likeness (QED) is 0.691. The average molecular weight is 357 g/mol. The van der Waals surface area contributed by atoms with E-state index in [0.717, 1.165) is 22.2 Å². The Morgan fingerprint density at radius 3 is 2.72 bits per heavy atom. The number of carbonyl (C=O) groups is 2. The molecule has 0 unspecified atom stereocenters. The molecule has 1 aromatic heterocycles. The first-order valence-electron chi connectivity index (χ1n) is 7.73. The summed E-state index contributed by atoms with van der Waals surface area (Å²) >= 11 is 6.12. The minimum Gasteiger partial charge on any atom is -0.465 e. The van der Waals surface area contributed by atoms with Crippen LogP contribution in [0.3, 0.4) is 0 Å². The summed E-state index contributed by atoms with van der Waals surface area (Å²) in [6, 6.07) is 12.4. The lowest BCUT2D eigenvalue weighted by atomic mass is 10.1. The van der Waals surface area contributed by atoms with Crippen LogP contribution in [0.4, 0.5) is 5.69 Å². The first-order chi connectivity index (χ1) is 12.0. The molecule has 0 aliphatic rings. The molecule has 2 aromatic carbocycles. The van der Waals surface area contributed by atoms with Gasteiger partial charge in [0.1, 0.15) is 0 Å². The summed E-state index contributed by atoms with van der Waals surface area (Å²) in [5.74, 6) is -0.698. The largest absolute Gasteiger partial charge is 0.465 e. The molecule has 3 rings (SSSR count). The molecule has 25 heavy (non-hydrogen) atoms. The molecule has 0 fully saturated rings. The van der Waals surface area contributed by atoms with E-state index in [9.17, 15) is 9.59 Å². The van der Waals surface area contributed by atoms with Gasteiger partial charge in [-0.2, -0.15) is 0 Å². The van der Waals surface area contributed by atoms with Crippen molar-refractivity contribution in [3.63, 3.8) is 0 Å². The van der Waals surface area contributed by atoms with Crippen LogP contribution >= 0.6 is 11.6 Å². The topological polar surface area (TPSA) is 71.2 Å². The number of amides is 1. The monoisotopic (exact) mass is 356 g/mol. The number of carbonyl (C=O) groups excluding carboxylic acids is 2. The van der Waals surface area contributed by atoms with Gasteiger partial charge in [0.25, 0.3) is 0 Å². The van der Waals surface area contributed by atoms with E-state index in [1.54, 1.807) is 12.1 Å². The molecule has 0 radical (unpaired) electrons. The fraction of sp³-hybridized carbons (Fsp3) is 0.158. The lowest BCUT2D eigenvalue weighted by Crippen LogP contribution is -2.15. The van der Waals surface area contributed by atoms with E-state index < -0.39 is 5.97 Å². The number of rotatable bonds is 4. The Bertz CT molecular complexity index is 962. The summed E-state index contributed by atoms with van der Waals surface area (Å²) in [5.41, 5.74) is 3.59. The SMILES string of the molecule is COC(=O)c1ccc(Cl)c(NC(=O)Cc2c(C)[nH]c3ccccc23)c1. The highest BCUT2D eigenvalue weighted by molar-refractivity contribution is 6.33. The minimum atomic E-state index is -0.486. The second-order valence-corrected chi connectivity index (χ2v) is 6.09. The number of aromatic amines is 1. The number of hydrogen-bond acceptors (Lipinski definition) is 3. The summed E-state index contributed by atoms with van der Waals surface area (Å²) < 4.78 is 4.69. The maximum Gasteiger partial charge on any atom is 0.337 e. The van der Waals surface area contributed by atoms with Gasteiger partial charge in [-0.25, -0.2) is 4.79 Å². The van der Waals surface area contributed by atoms with Gasteiger partial charge in [0, 0.05) is 16.6 Å². The molecule has 1 amide bonds. The minimum absolute atomic E-state index is 0.203. The molecule has 0 atom stereocenters. The van der Waals surface area contributed by atoms with E-state index in [2.05, 4.69) is 15.0 Å². The van der Waals surface area contributed by atoms with Gasteiger partial charge < -0.3 is 15.0 Å². The van der Waals surface area contributed by atoms with Crippen LogP contribution in [0.5, 0.6) is 0 Å². The lowest BCUT2D eigenvalue weighted by molar-refractivity contribution is -0.115. The van der Waals surface area contributed by atoms with E-state index in [1.165, 1.54) is 13.2 Å². The highest BCUT2D eigenvalue weighted by Gasteiger charge is 2.15. The number of benzene rings is 2. The van der Waals surface area contributed by atoms with Gasteiger partial charge in [0.2, 0.25) is 5.91 Å². The molecule has 128 valence electrons. The van der Waals surface area contributed by atoms with E-state index in [1.807, 2.05) is 31.2 Å². The van der Waals surface area contributed by atoms with Crippen molar-refractivity contribution in [1.82, 2.24) is 4.98 Å². The van der Waals surface area contributed by atoms with E-state index in [4.69, 9.17) is 11.6 Å². The van der Waals surface area contributed by atoms with Crippen LogP contribution in [0.15, 0.2) is 42.5 Å². The molecule has 6 heteroatoms. The molecule has 2 N–H and O–H groups in total. The summed E-state index contributed by atoms with van der Waals surface area (Å²) in [5, 5.41) is 4.14. The van der Waals surface area contributed by atoms with Crippen molar-refractivity contribution >= 4 is 40.1 Å². The van der Waals surface area contributed by atoms with Crippen LogP contribution in [0, 0.1) is 6.92 Å². The maximum absolute atomic E-state index is 12.5. The summed E-state index contributed by atoms with van der Waals surface area (Å²) in [6.45, 7) is 1.94. The first kappa shape index (κ1) is 17.0. The van der Waals surface area contributed by atoms with Gasteiger partial charge in [-0.05, 0) is 36.8 Å². The normalized spacial score (nSPS) is 10.7. The standard InChI is InChI=1S/C19H17ClN2O3/c1-11-14(13-5-3-4-6-16(13)21-11)10-18(23)22-17-9-12(19(24)25-2)7-8-15(17)20/h3-9,21H,10H2,1-2H3,(H,22,23). The van der Waals surface area contributed by atoms with E-state index in [-0.39, 0.29) is 12.3 Å². The third-order valence-electron chi connectivity index (χ3n) is 4.03. The fourth-order valence-corrected chi connectivity index (χ4v) is 2.95. The summed E-state index contributed by atoms with van der Waals surface area (Å²) in [4.78, 5) is 27.4. The number of H-pyrrole nitrogens is 1. The summed E-state index contributed by atoms with van der Waals surface area (Å²) in [6.07, 6.45) is 0.203. The number of methoxy groups -OCH3 is 1. The molecule has 0 saturated heterocycles. The van der Waals surface area contributed by atoms with E-state index in [0.29, 0.717) is 16.3 Å². The number of para-hydroxylation sites is 1. The van der Waals surface area contributed by atoms with Crippen molar-refractivity contribution < 1.29 is 14.3 Å². The molecule has 3 aromatic rings. The Hall–Kier alpha value is -2.79. The molecule has 0 spiro atoms. The highest BCUT2D eigenvalue weighted by Crippen LogP contribution is 2.25. The number of ether oxygens (including phenoxy) is 1. The van der Waals surface area contributed by atoms with Crippen LogP contribution in [0.2, 0.25) is 5.02 Å². The predicted molar refractivity (Wildman–Crippen MR) is 98.2 cm³/mol. The van der Waals surface area contributed by atoms with Crippen LogP contribution in [-0.2, 0) is 16.0 Å². The smallest absolute Gasteiger partial charge is 0.337 e. The van der Waals surface area contributed by atoms with Gasteiger partial charge in [0.05, 0.1) is 29.8 Å². The zero-order valence-electron chi connectivity index (χ0n) is 13.9. The Morgan fingerprint density at radius 2 is 1.96 bits per heavy atom. The lowest BCUT2D eigenvalue weighted by Gasteiger charge is -2.09. The third-order valence-corrected chi connectivity index (χ3v) is 4.36. The molecule has 0 aliphatic heterocycles. The van der Waals surface area contributed by atoms with Crippen molar-refractivity contribution in [2.45, 2.75) is 13.3 Å². The first-order valence-corrected chi connectivity index (χ1v) is 8.11. The maximum atomic E-state index is 12.5. The molecule has 1 heterocycles. The number of fused-ring (bicyclic) bond motifs is 1. The molecule has 0 bridgehead atoms. The Morgan fingerprint density at radius 1 is 1.20 bits per heavy atom. The van der Waals surface area contributed by atoms with Crippen molar-refractivity contribution in [3.05, 3.63) is 64.3 Å². The van der Waals surface area contributed by atoms with Gasteiger partial charge in [-0.1, -0.05) is 29.8 Å². The molecule has 0 aliphatic carbocycles. The average Bonchev–Trinajstić information content (AvgIpc) is 2.92. The van der Waals surface area contributed by atoms with Gasteiger partial charge in [0.15, 0.2) is 0 Å². The fourth-order valence-electron chi connectivity index (χ4n) is 2.78. The van der Waals surface area contributed by atoms with Crippen LogP contribution in [-0.4, -0.2) is 24.0 Å². The number of aryl methyl sites for hydroxylation is 1. The summed E-state index contributed by atoms with van der Waals surface area (Å²) in [7, 11) is 1.30. The van der Waals surface area contributed by atoms with Gasteiger partial charge in [-0.15, -0.1) is 0 Å². The Balaban J connectivity index is 1.83. The van der Waals surface area contributed by atoms with Crippen molar-refractivity contribution in [2.75, 3.05) is 12.4 Å². The Labute approximate surface area is 149 Å². The molecule has 0 saturated carbocycles. The van der Waals surface area contributed by atoms with Crippen LogP contribution < -0.4 is 5.32 Å². The zero-order chi connectivity index (χ0) is 18.0. The number of halogens is 1. The van der Waals surface area contributed by atoms with Crippen LogP contribution in [0.1, 0.15) is 21.6 Å². The number of aromatic nitrogens is 1. The second kappa shape index (κ2) is 6.99. The molecule has 5 nitrogen and oxygen atoms in total. The number of esters is 1. The number of nitrogens with one attached hydrogen (secondary N) is 2. The third kappa shape index (κ3) is 3.51. The zero-order valence-corrected chi connectivity index (χ0v) is 14.6. The number of hydrogen-bond donors (Lipinski definition) is 2. The second-order valence-electron chi connectivity index (χ2n) is 5.69. The van der Waals surface area contributed by atoms with E-state index >= 15 is 0 Å². The Kier molecular flexibility index (Phi) is 4.76. The molecular weight excluding hydrogens is 340 g/mol. The van der Waals surface area contributed by atoms with Crippen molar-refractivity contribution in [3.8, 4) is 0 Å². The van der Waals surface area contributed by atoms with Gasteiger partial charge in [-0.3, -0.25) is 4.79 Å². The van der Waals surface area contributed by atoms with Crippen molar-refractivity contribution in [1.29, 1.82) is 0 Å². The predicted octanol–water partition coefficient (Wildman–Crippen LogP) is 4.10. The van der Waals surface area contributed by atoms with Crippen LogP contribution in [0.25, 0.3) is 10.9 Å². The number of anilines is 1. The van der Waals surface area contributed by atoms with Gasteiger partial charge >= 0.3 is 5.97 Å².